The molecule has 2 saturated heterocycles. The van der Waals surface area contributed by atoms with Crippen molar-refractivity contribution in [2.24, 2.45) is 0 Å². The van der Waals surface area contributed by atoms with E-state index in [1.165, 1.54) is 22.0 Å². The SMILES string of the molecule is O=C(NCc1ccc(CN2CCOCC2)cc1)c1ccc(Cl)c(S(=O)(=O)N2CCCC2)c1. The van der Waals surface area contributed by atoms with Gasteiger partial charge in [-0.2, -0.15) is 4.31 Å². The van der Waals surface area contributed by atoms with Crippen LogP contribution in [-0.4, -0.2) is 62.9 Å². The summed E-state index contributed by atoms with van der Waals surface area (Å²) in [5, 5.41) is 3.00. The molecule has 172 valence electrons. The molecule has 9 heteroatoms. The van der Waals surface area contributed by atoms with Crippen LogP contribution < -0.4 is 5.32 Å². The summed E-state index contributed by atoms with van der Waals surface area (Å²) in [7, 11) is -3.70. The van der Waals surface area contributed by atoms with Crippen molar-refractivity contribution in [2.75, 3.05) is 39.4 Å². The number of hydrogen-bond acceptors (Lipinski definition) is 5. The molecule has 2 aromatic carbocycles. The van der Waals surface area contributed by atoms with Crippen LogP contribution in [0.15, 0.2) is 47.4 Å². The molecule has 7 nitrogen and oxygen atoms in total. The van der Waals surface area contributed by atoms with Gasteiger partial charge in [-0.05, 0) is 42.2 Å². The number of carbonyl (C=O) groups excluding carboxylic acids is 1. The van der Waals surface area contributed by atoms with E-state index in [4.69, 9.17) is 16.3 Å². The lowest BCUT2D eigenvalue weighted by molar-refractivity contribution is 0.0342. The van der Waals surface area contributed by atoms with E-state index in [0.717, 1.165) is 51.3 Å². The highest BCUT2D eigenvalue weighted by Crippen LogP contribution is 2.28. The maximum atomic E-state index is 12.9. The van der Waals surface area contributed by atoms with Crippen LogP contribution in [0.4, 0.5) is 0 Å². The first-order chi connectivity index (χ1) is 15.4. The lowest BCUT2D eigenvalue weighted by Crippen LogP contribution is -2.35. The molecule has 0 spiro atoms. The number of morpholine rings is 1. The number of sulfonamides is 1. The highest BCUT2D eigenvalue weighted by Gasteiger charge is 2.29. The van der Waals surface area contributed by atoms with E-state index in [-0.39, 0.29) is 21.4 Å². The second-order valence-corrected chi connectivity index (χ2v) is 10.5. The summed E-state index contributed by atoms with van der Waals surface area (Å²) < 4.78 is 32.6. The maximum absolute atomic E-state index is 12.9. The van der Waals surface area contributed by atoms with Crippen molar-refractivity contribution in [2.45, 2.75) is 30.8 Å². The minimum Gasteiger partial charge on any atom is -0.379 e. The first kappa shape index (κ1) is 23.2. The predicted molar refractivity (Wildman–Crippen MR) is 123 cm³/mol. The lowest BCUT2D eigenvalue weighted by Gasteiger charge is -2.26. The highest BCUT2D eigenvalue weighted by molar-refractivity contribution is 7.89. The van der Waals surface area contributed by atoms with Crippen LogP contribution in [0.25, 0.3) is 0 Å². The summed E-state index contributed by atoms with van der Waals surface area (Å²) in [4.78, 5) is 15.0. The largest absolute Gasteiger partial charge is 0.379 e. The molecule has 2 fully saturated rings. The first-order valence-corrected chi connectivity index (χ1v) is 12.7. The van der Waals surface area contributed by atoms with Crippen LogP contribution in [0, 0.1) is 0 Å². The third-order valence-corrected chi connectivity index (χ3v) is 8.24. The minimum absolute atomic E-state index is 0.0128. The fraction of sp³-hybridized carbons (Fsp3) is 0.435. The minimum atomic E-state index is -3.70. The molecule has 0 unspecified atom stereocenters. The van der Waals surface area contributed by atoms with Gasteiger partial charge in [0.15, 0.2) is 0 Å². The lowest BCUT2D eigenvalue weighted by atomic mass is 10.1. The summed E-state index contributed by atoms with van der Waals surface area (Å²) in [6.07, 6.45) is 1.67. The molecule has 0 aliphatic carbocycles. The third-order valence-electron chi connectivity index (χ3n) is 5.86. The van der Waals surface area contributed by atoms with Gasteiger partial charge in [-0.15, -0.1) is 0 Å². The third kappa shape index (κ3) is 5.50. The molecule has 0 atom stereocenters. The summed E-state index contributed by atoms with van der Waals surface area (Å²) in [5.74, 6) is -0.336. The van der Waals surface area contributed by atoms with Crippen molar-refractivity contribution in [3.8, 4) is 0 Å². The average Bonchev–Trinajstić information content (AvgIpc) is 3.35. The van der Waals surface area contributed by atoms with Crippen molar-refractivity contribution in [3.63, 3.8) is 0 Å². The summed E-state index contributed by atoms with van der Waals surface area (Å²) in [6.45, 7) is 5.63. The molecular formula is C23H28ClN3O4S. The molecule has 2 aromatic rings. The Morgan fingerprint density at radius 3 is 2.31 bits per heavy atom. The summed E-state index contributed by atoms with van der Waals surface area (Å²) in [6, 6.07) is 12.5. The van der Waals surface area contributed by atoms with Gasteiger partial charge >= 0.3 is 0 Å². The van der Waals surface area contributed by atoms with Crippen LogP contribution in [0.5, 0.6) is 0 Å². The molecule has 2 aliphatic rings. The Balaban J connectivity index is 1.37. The summed E-state index contributed by atoms with van der Waals surface area (Å²) in [5.41, 5.74) is 2.47. The Labute approximate surface area is 194 Å². The Bertz CT molecular complexity index is 1050. The number of nitrogens with zero attached hydrogens (tertiary/aromatic N) is 2. The molecule has 4 rings (SSSR count). The van der Waals surface area contributed by atoms with Gasteiger partial charge in [-0.3, -0.25) is 9.69 Å². The Kier molecular flexibility index (Phi) is 7.48. The van der Waals surface area contributed by atoms with Gasteiger partial charge in [0.1, 0.15) is 4.90 Å². The zero-order chi connectivity index (χ0) is 22.6. The van der Waals surface area contributed by atoms with E-state index < -0.39 is 10.0 Å². The smallest absolute Gasteiger partial charge is 0.251 e. The van der Waals surface area contributed by atoms with E-state index in [2.05, 4.69) is 22.3 Å². The van der Waals surface area contributed by atoms with E-state index in [1.54, 1.807) is 6.07 Å². The van der Waals surface area contributed by atoms with E-state index in [1.807, 2.05) is 12.1 Å². The number of carbonyl (C=O) groups is 1. The molecule has 1 amide bonds. The molecule has 2 heterocycles. The van der Waals surface area contributed by atoms with Crippen LogP contribution in [0.1, 0.15) is 34.3 Å². The molecule has 0 aromatic heterocycles. The molecule has 2 aliphatic heterocycles. The first-order valence-electron chi connectivity index (χ1n) is 10.9. The van der Waals surface area contributed by atoms with Gasteiger partial charge in [0.25, 0.3) is 5.91 Å². The van der Waals surface area contributed by atoms with Crippen LogP contribution in [-0.2, 0) is 27.8 Å². The second kappa shape index (κ2) is 10.3. The quantitative estimate of drug-likeness (QED) is 0.663. The number of hydrogen-bond donors (Lipinski definition) is 1. The van der Waals surface area contributed by atoms with E-state index in [0.29, 0.717) is 19.6 Å². The standard InChI is InChI=1S/C23H28ClN3O4S/c24-21-8-7-20(15-22(21)32(29,30)27-9-1-2-10-27)23(28)25-16-18-3-5-19(6-4-18)17-26-11-13-31-14-12-26/h3-8,15H,1-2,9-14,16-17H2,(H,25,28). The normalized spacial score (nSPS) is 18.0. The fourth-order valence-corrected chi connectivity index (χ4v) is 5.99. The number of nitrogens with one attached hydrogen (secondary N) is 1. The molecular weight excluding hydrogens is 450 g/mol. The molecule has 0 bridgehead atoms. The Morgan fingerprint density at radius 1 is 0.969 bits per heavy atom. The molecule has 0 radical (unpaired) electrons. The Hall–Kier alpha value is -1.97. The number of halogens is 1. The highest BCUT2D eigenvalue weighted by atomic mass is 35.5. The number of benzene rings is 2. The van der Waals surface area contributed by atoms with Crippen LogP contribution >= 0.6 is 11.6 Å². The number of amides is 1. The van der Waals surface area contributed by atoms with Crippen molar-refractivity contribution >= 4 is 27.5 Å². The van der Waals surface area contributed by atoms with Crippen molar-refractivity contribution in [1.29, 1.82) is 0 Å². The fourth-order valence-electron chi connectivity index (χ4n) is 3.97. The number of ether oxygens (including phenoxy) is 1. The van der Waals surface area contributed by atoms with Gasteiger partial charge in [0.2, 0.25) is 10.0 Å². The maximum Gasteiger partial charge on any atom is 0.251 e. The molecule has 32 heavy (non-hydrogen) atoms. The zero-order valence-corrected chi connectivity index (χ0v) is 19.5. The second-order valence-electron chi connectivity index (χ2n) is 8.14. The van der Waals surface area contributed by atoms with Gasteiger partial charge in [0.05, 0.1) is 18.2 Å². The molecule has 0 saturated carbocycles. The average molecular weight is 478 g/mol. The van der Waals surface area contributed by atoms with Crippen LogP contribution in [0.2, 0.25) is 5.02 Å². The van der Waals surface area contributed by atoms with E-state index in [9.17, 15) is 13.2 Å². The van der Waals surface area contributed by atoms with Gasteiger partial charge in [-0.1, -0.05) is 35.9 Å². The Morgan fingerprint density at radius 2 is 1.62 bits per heavy atom. The van der Waals surface area contributed by atoms with Gasteiger partial charge < -0.3 is 10.1 Å². The van der Waals surface area contributed by atoms with Crippen molar-refractivity contribution in [1.82, 2.24) is 14.5 Å². The zero-order valence-electron chi connectivity index (χ0n) is 17.9. The summed E-state index contributed by atoms with van der Waals surface area (Å²) >= 11 is 6.17. The van der Waals surface area contributed by atoms with Gasteiger partial charge in [-0.25, -0.2) is 8.42 Å². The van der Waals surface area contributed by atoms with Crippen molar-refractivity contribution < 1.29 is 17.9 Å². The van der Waals surface area contributed by atoms with Crippen molar-refractivity contribution in [3.05, 3.63) is 64.2 Å². The number of rotatable bonds is 7. The van der Waals surface area contributed by atoms with Gasteiger partial charge in [0, 0.05) is 44.8 Å². The topological polar surface area (TPSA) is 79.0 Å². The molecule has 1 N–H and O–H groups in total. The monoisotopic (exact) mass is 477 g/mol. The van der Waals surface area contributed by atoms with Crippen LogP contribution in [0.3, 0.4) is 0 Å². The van der Waals surface area contributed by atoms with E-state index >= 15 is 0 Å². The predicted octanol–water partition coefficient (Wildman–Crippen LogP) is 2.89.